The van der Waals surface area contributed by atoms with Gasteiger partial charge in [0, 0.05) is 30.6 Å². The summed E-state index contributed by atoms with van der Waals surface area (Å²) >= 11 is -1.23. The molecule has 1 aromatic heterocycles. The van der Waals surface area contributed by atoms with E-state index in [2.05, 4.69) is 31.8 Å². The molecule has 0 spiro atoms. The summed E-state index contributed by atoms with van der Waals surface area (Å²) < 4.78 is 20.6. The Balaban J connectivity index is 2.22. The van der Waals surface area contributed by atoms with Crippen LogP contribution in [0.15, 0.2) is 18.3 Å². The zero-order valence-electron chi connectivity index (χ0n) is 20.1. The fourth-order valence-corrected chi connectivity index (χ4v) is 4.73. The highest BCUT2D eigenvalue weighted by Crippen LogP contribution is 2.30. The Labute approximate surface area is 185 Å². The van der Waals surface area contributed by atoms with E-state index in [1.165, 1.54) is 5.56 Å². The molecule has 2 rings (SSSR count). The third-order valence-electron chi connectivity index (χ3n) is 4.96. The molecule has 7 heteroatoms. The normalized spacial score (nSPS) is 19.3. The van der Waals surface area contributed by atoms with Crippen molar-refractivity contribution in [1.82, 2.24) is 14.2 Å². The zero-order chi connectivity index (χ0) is 22.9. The summed E-state index contributed by atoms with van der Waals surface area (Å²) in [6.45, 7) is 19.7. The van der Waals surface area contributed by atoms with E-state index in [1.807, 2.05) is 58.1 Å². The fraction of sp³-hybridized carbons (Fsp3) is 0.739. The van der Waals surface area contributed by atoms with Gasteiger partial charge in [0.25, 0.3) is 0 Å². The van der Waals surface area contributed by atoms with Crippen molar-refractivity contribution in [3.8, 4) is 0 Å². The highest BCUT2D eigenvalue weighted by Gasteiger charge is 2.42. The van der Waals surface area contributed by atoms with Gasteiger partial charge >= 0.3 is 6.09 Å². The average molecular weight is 438 g/mol. The quantitative estimate of drug-likeness (QED) is 0.641. The molecule has 1 saturated heterocycles. The maximum absolute atomic E-state index is 13.4. The Bertz CT molecular complexity index is 734. The molecule has 170 valence electrons. The van der Waals surface area contributed by atoms with Crippen LogP contribution in [0.4, 0.5) is 4.79 Å². The van der Waals surface area contributed by atoms with Gasteiger partial charge in [-0.05, 0) is 71.1 Å². The second-order valence-electron chi connectivity index (χ2n) is 11.1. The van der Waals surface area contributed by atoms with Gasteiger partial charge in [0.1, 0.15) is 10.3 Å². The second-order valence-corrected chi connectivity index (χ2v) is 13.3. The van der Waals surface area contributed by atoms with Gasteiger partial charge < -0.3 is 14.2 Å². The number of rotatable bonds is 4. The molecule has 0 aromatic carbocycles. The summed E-state index contributed by atoms with van der Waals surface area (Å²) in [6, 6.07) is 4.14. The summed E-state index contributed by atoms with van der Waals surface area (Å²) in [7, 11) is 0. The molecule has 0 saturated carbocycles. The van der Waals surface area contributed by atoms with Crippen LogP contribution in [-0.2, 0) is 28.1 Å². The lowest BCUT2D eigenvalue weighted by Crippen LogP contribution is -2.49. The van der Waals surface area contributed by atoms with Crippen molar-refractivity contribution < 1.29 is 14.1 Å². The first-order valence-corrected chi connectivity index (χ1v) is 11.8. The summed E-state index contributed by atoms with van der Waals surface area (Å²) in [5.74, 6) is 0. The number of likely N-dealkylation sites (tertiary alicyclic amines) is 1. The molecule has 0 aliphatic carbocycles. The van der Waals surface area contributed by atoms with Crippen molar-refractivity contribution >= 4 is 17.5 Å². The third kappa shape index (κ3) is 6.86. The molecule has 6 nitrogen and oxygen atoms in total. The molecule has 2 atom stereocenters. The number of amides is 1. The van der Waals surface area contributed by atoms with E-state index in [0.717, 1.165) is 12.1 Å². The topological polar surface area (TPSA) is 68.7 Å². The van der Waals surface area contributed by atoms with Crippen LogP contribution in [0.25, 0.3) is 0 Å². The van der Waals surface area contributed by atoms with E-state index < -0.39 is 21.7 Å². The third-order valence-corrected chi connectivity index (χ3v) is 6.86. The highest BCUT2D eigenvalue weighted by molar-refractivity contribution is 7.90. The molecule has 1 aromatic rings. The zero-order valence-corrected chi connectivity index (χ0v) is 20.9. The van der Waals surface area contributed by atoms with Crippen LogP contribution in [0.5, 0.6) is 0 Å². The molecule has 0 bridgehead atoms. The van der Waals surface area contributed by atoms with Crippen molar-refractivity contribution in [2.24, 2.45) is 0 Å². The van der Waals surface area contributed by atoms with E-state index in [-0.39, 0.29) is 17.6 Å². The molecule has 1 aliphatic heterocycles. The Kier molecular flexibility index (Phi) is 7.53. The van der Waals surface area contributed by atoms with Gasteiger partial charge in [-0.1, -0.05) is 20.8 Å². The van der Waals surface area contributed by atoms with Gasteiger partial charge in [0.15, 0.2) is 0 Å². The lowest BCUT2D eigenvalue weighted by molar-refractivity contribution is 0.0286. The van der Waals surface area contributed by atoms with Gasteiger partial charge in [0.05, 0.1) is 18.3 Å². The summed E-state index contributed by atoms with van der Waals surface area (Å²) in [5.41, 5.74) is 1.60. The molecule has 2 unspecified atom stereocenters. The van der Waals surface area contributed by atoms with Crippen molar-refractivity contribution in [3.63, 3.8) is 0 Å². The largest absolute Gasteiger partial charge is 0.597 e. The summed E-state index contributed by atoms with van der Waals surface area (Å²) in [5, 5.41) is 0. The lowest BCUT2D eigenvalue weighted by atomic mass is 9.87. The number of carbonyl (C=O) groups excluding carboxylic acids is 1. The highest BCUT2D eigenvalue weighted by atomic mass is 32.2. The maximum atomic E-state index is 13.4. The second kappa shape index (κ2) is 9.05. The summed E-state index contributed by atoms with van der Waals surface area (Å²) in [4.78, 5) is 18.8. The van der Waals surface area contributed by atoms with E-state index in [0.29, 0.717) is 19.6 Å². The van der Waals surface area contributed by atoms with E-state index in [9.17, 15) is 9.35 Å². The smallest absolute Gasteiger partial charge is 0.410 e. The fourth-order valence-electron chi connectivity index (χ4n) is 3.33. The first-order chi connectivity index (χ1) is 13.6. The van der Waals surface area contributed by atoms with Gasteiger partial charge in [-0.25, -0.2) is 4.79 Å². The molecular weight excluding hydrogens is 398 g/mol. The number of hydrogen-bond donors (Lipinski definition) is 0. The Morgan fingerprint density at radius 2 is 1.87 bits per heavy atom. The van der Waals surface area contributed by atoms with Crippen LogP contribution < -0.4 is 0 Å². The van der Waals surface area contributed by atoms with E-state index >= 15 is 0 Å². The summed E-state index contributed by atoms with van der Waals surface area (Å²) in [6.07, 6.45) is 2.29. The van der Waals surface area contributed by atoms with Crippen molar-refractivity contribution in [1.29, 1.82) is 0 Å². The van der Waals surface area contributed by atoms with Crippen molar-refractivity contribution in [2.45, 2.75) is 97.1 Å². The molecule has 1 fully saturated rings. The number of aromatic nitrogens is 1. The van der Waals surface area contributed by atoms with Crippen LogP contribution in [0.3, 0.4) is 0 Å². The molecule has 1 aliphatic rings. The first kappa shape index (κ1) is 25.0. The molecule has 30 heavy (non-hydrogen) atoms. The molecule has 2 heterocycles. The molecule has 0 radical (unpaired) electrons. The Hall–Kier alpha value is -1.31. The van der Waals surface area contributed by atoms with Crippen LogP contribution >= 0.6 is 0 Å². The predicted octanol–water partition coefficient (Wildman–Crippen LogP) is 4.65. The Morgan fingerprint density at radius 1 is 1.23 bits per heavy atom. The van der Waals surface area contributed by atoms with Crippen molar-refractivity contribution in [2.75, 3.05) is 13.1 Å². The van der Waals surface area contributed by atoms with E-state index in [1.54, 1.807) is 4.90 Å². The predicted molar refractivity (Wildman–Crippen MR) is 123 cm³/mol. The molecule has 0 N–H and O–H groups in total. The van der Waals surface area contributed by atoms with Crippen LogP contribution in [0, 0.1) is 0 Å². The number of pyridine rings is 1. The average Bonchev–Trinajstić information content (AvgIpc) is 3.06. The minimum absolute atomic E-state index is 0.00216. The van der Waals surface area contributed by atoms with Gasteiger partial charge in [-0.2, -0.15) is 0 Å². The van der Waals surface area contributed by atoms with Gasteiger partial charge in [0.2, 0.25) is 0 Å². The monoisotopic (exact) mass is 437 g/mol. The number of nitrogens with zero attached hydrogens (tertiary/aromatic N) is 3. The number of ether oxygens (including phenoxy) is 1. The van der Waals surface area contributed by atoms with Gasteiger partial charge in [-0.15, -0.1) is 4.31 Å². The minimum Gasteiger partial charge on any atom is -0.597 e. The minimum atomic E-state index is -1.23. The van der Waals surface area contributed by atoms with Crippen molar-refractivity contribution in [3.05, 3.63) is 29.6 Å². The first-order valence-electron chi connectivity index (χ1n) is 10.7. The number of carbonyl (C=O) groups is 1. The molecular formula is C23H39N3O3S. The van der Waals surface area contributed by atoms with Gasteiger partial charge in [-0.3, -0.25) is 4.98 Å². The Morgan fingerprint density at radius 3 is 2.40 bits per heavy atom. The van der Waals surface area contributed by atoms with Crippen LogP contribution in [0.1, 0.15) is 80.0 Å². The maximum Gasteiger partial charge on any atom is 0.410 e. The lowest BCUT2D eigenvalue weighted by Gasteiger charge is -2.36. The van der Waals surface area contributed by atoms with Crippen LogP contribution in [-0.4, -0.2) is 54.3 Å². The van der Waals surface area contributed by atoms with E-state index in [4.69, 9.17) is 4.74 Å². The SMILES string of the molecule is CC(C)(C)OC(=O)N1CCC(N(Cc2cc(C(C)(C)C)ccn2)[S+]([O-])C(C)(C)C)C1. The van der Waals surface area contributed by atoms with Crippen LogP contribution in [0.2, 0.25) is 0 Å². The number of hydrogen-bond acceptors (Lipinski definition) is 5. The standard InChI is InChI=1S/C23H39N3O3S/c1-21(2,3)17-10-12-24-18(14-17)15-26(30(28)23(7,8)9)19-11-13-25(16-19)20(27)29-22(4,5)6/h10,12,14,19H,11,13,15-16H2,1-9H3. The molecule has 1 amide bonds.